The number of hydrogen-bond donors (Lipinski definition) is 3. The minimum Gasteiger partial charge on any atom is -0.356 e. The summed E-state index contributed by atoms with van der Waals surface area (Å²) in [4.78, 5) is 0.228. The average Bonchev–Trinajstić information content (AvgIpc) is 2.56. The molecule has 0 saturated heterocycles. The molecule has 3 N–H and O–H groups in total. The molecule has 128 valence electrons. The Morgan fingerprint density at radius 3 is 2.29 bits per heavy atom. The van der Waals surface area contributed by atoms with E-state index in [1.54, 1.807) is 31.2 Å². The molecule has 0 aliphatic carbocycles. The zero-order valence-electron chi connectivity index (χ0n) is 13.6. The van der Waals surface area contributed by atoms with Crippen molar-refractivity contribution < 1.29 is 8.42 Å². The van der Waals surface area contributed by atoms with Gasteiger partial charge in [0, 0.05) is 12.2 Å². The van der Waals surface area contributed by atoms with Gasteiger partial charge in [0.05, 0.1) is 10.9 Å². The Morgan fingerprint density at radius 1 is 1.08 bits per heavy atom. The van der Waals surface area contributed by atoms with Gasteiger partial charge in [-0.3, -0.25) is 0 Å². The van der Waals surface area contributed by atoms with Crippen molar-refractivity contribution >= 4 is 33.0 Å². The van der Waals surface area contributed by atoms with Crippen molar-refractivity contribution in [3.8, 4) is 0 Å². The smallest absolute Gasteiger partial charge is 0.240 e. The molecule has 0 spiro atoms. The first-order chi connectivity index (χ1) is 11.4. The van der Waals surface area contributed by atoms with Crippen LogP contribution in [0.1, 0.15) is 25.5 Å². The van der Waals surface area contributed by atoms with Gasteiger partial charge in [0.15, 0.2) is 5.11 Å². The lowest BCUT2D eigenvalue weighted by Crippen LogP contribution is -2.30. The highest BCUT2D eigenvalue weighted by atomic mass is 32.2. The van der Waals surface area contributed by atoms with Crippen molar-refractivity contribution in [1.29, 1.82) is 0 Å². The fourth-order valence-electron chi connectivity index (χ4n) is 2.18. The van der Waals surface area contributed by atoms with Crippen LogP contribution in [0.2, 0.25) is 0 Å². The van der Waals surface area contributed by atoms with Crippen LogP contribution < -0.4 is 15.4 Å². The van der Waals surface area contributed by atoms with Gasteiger partial charge >= 0.3 is 0 Å². The highest BCUT2D eigenvalue weighted by Crippen LogP contribution is 2.15. The lowest BCUT2D eigenvalue weighted by Gasteiger charge is -2.17. The predicted molar refractivity (Wildman–Crippen MR) is 102 cm³/mol. The van der Waals surface area contributed by atoms with Crippen LogP contribution in [-0.2, 0) is 10.0 Å². The molecule has 0 heterocycles. The molecule has 7 heteroatoms. The average molecular weight is 364 g/mol. The van der Waals surface area contributed by atoms with E-state index in [4.69, 9.17) is 12.2 Å². The third-order valence-electron chi connectivity index (χ3n) is 3.40. The van der Waals surface area contributed by atoms with Crippen molar-refractivity contribution in [2.75, 3.05) is 11.9 Å². The third kappa shape index (κ3) is 5.02. The van der Waals surface area contributed by atoms with E-state index in [2.05, 4.69) is 15.4 Å². The van der Waals surface area contributed by atoms with Crippen molar-refractivity contribution in [3.63, 3.8) is 0 Å². The van der Waals surface area contributed by atoms with Crippen LogP contribution in [-0.4, -0.2) is 20.1 Å². The summed E-state index contributed by atoms with van der Waals surface area (Å²) in [6.07, 6.45) is 0. The monoisotopic (exact) mass is 363 g/mol. The SMILES string of the molecule is CCNS(=O)(=O)c1ccc(NC(=S)NC(C)c2ccccc2)cc1. The van der Waals surface area contributed by atoms with E-state index >= 15 is 0 Å². The van der Waals surface area contributed by atoms with Crippen LogP contribution in [0.25, 0.3) is 0 Å². The Hall–Kier alpha value is -1.96. The molecule has 0 aliphatic rings. The molecule has 1 atom stereocenters. The van der Waals surface area contributed by atoms with E-state index in [1.165, 1.54) is 0 Å². The number of rotatable bonds is 6. The highest BCUT2D eigenvalue weighted by Gasteiger charge is 2.12. The van der Waals surface area contributed by atoms with Gasteiger partial charge in [-0.25, -0.2) is 13.1 Å². The zero-order valence-corrected chi connectivity index (χ0v) is 15.2. The summed E-state index contributed by atoms with van der Waals surface area (Å²) in [5.74, 6) is 0. The molecule has 2 aromatic carbocycles. The number of benzene rings is 2. The minimum atomic E-state index is -3.44. The van der Waals surface area contributed by atoms with E-state index in [0.29, 0.717) is 11.7 Å². The number of nitrogens with one attached hydrogen (secondary N) is 3. The number of hydrogen-bond acceptors (Lipinski definition) is 3. The summed E-state index contributed by atoms with van der Waals surface area (Å²) in [7, 11) is -3.44. The molecule has 24 heavy (non-hydrogen) atoms. The van der Waals surface area contributed by atoms with Gasteiger partial charge in [-0.2, -0.15) is 0 Å². The first kappa shape index (κ1) is 18.4. The molecule has 0 radical (unpaired) electrons. The Bertz CT molecular complexity index is 775. The van der Waals surface area contributed by atoms with Gasteiger partial charge in [-0.15, -0.1) is 0 Å². The molecule has 0 aromatic heterocycles. The van der Waals surface area contributed by atoms with Crippen LogP contribution in [0, 0.1) is 0 Å². The fourth-order valence-corrected chi connectivity index (χ4v) is 3.52. The summed E-state index contributed by atoms with van der Waals surface area (Å²) in [6, 6.07) is 16.5. The van der Waals surface area contributed by atoms with Gasteiger partial charge in [0.25, 0.3) is 0 Å². The molecule has 2 rings (SSSR count). The molecule has 2 aromatic rings. The Balaban J connectivity index is 1.97. The summed E-state index contributed by atoms with van der Waals surface area (Å²) >= 11 is 5.31. The Kier molecular flexibility index (Phi) is 6.30. The minimum absolute atomic E-state index is 0.0691. The maximum atomic E-state index is 11.9. The second-order valence-electron chi connectivity index (χ2n) is 5.26. The van der Waals surface area contributed by atoms with Gasteiger partial charge < -0.3 is 10.6 Å². The van der Waals surface area contributed by atoms with Gasteiger partial charge in [0.1, 0.15) is 0 Å². The van der Waals surface area contributed by atoms with Crippen LogP contribution in [0.5, 0.6) is 0 Å². The molecular formula is C17H21N3O2S2. The molecule has 0 amide bonds. The van der Waals surface area contributed by atoms with E-state index in [-0.39, 0.29) is 10.9 Å². The number of anilines is 1. The lowest BCUT2D eigenvalue weighted by molar-refractivity contribution is 0.584. The second kappa shape index (κ2) is 8.23. The first-order valence-corrected chi connectivity index (χ1v) is 9.53. The van der Waals surface area contributed by atoms with Crippen LogP contribution >= 0.6 is 12.2 Å². The summed E-state index contributed by atoms with van der Waals surface area (Å²) in [5.41, 5.74) is 1.86. The molecular weight excluding hydrogens is 342 g/mol. The van der Waals surface area contributed by atoms with Gasteiger partial charge in [-0.1, -0.05) is 37.3 Å². The molecule has 0 saturated carbocycles. The maximum absolute atomic E-state index is 11.9. The lowest BCUT2D eigenvalue weighted by atomic mass is 10.1. The van der Waals surface area contributed by atoms with Crippen LogP contribution in [0.3, 0.4) is 0 Å². The molecule has 0 fully saturated rings. The maximum Gasteiger partial charge on any atom is 0.240 e. The molecule has 5 nitrogen and oxygen atoms in total. The molecule has 0 bridgehead atoms. The summed E-state index contributed by atoms with van der Waals surface area (Å²) in [5, 5.41) is 6.74. The quantitative estimate of drug-likeness (QED) is 0.688. The predicted octanol–water partition coefficient (Wildman–Crippen LogP) is 3.03. The van der Waals surface area contributed by atoms with Crippen molar-refractivity contribution in [3.05, 3.63) is 60.2 Å². The largest absolute Gasteiger partial charge is 0.356 e. The Labute approximate surface area is 148 Å². The van der Waals surface area contributed by atoms with Crippen LogP contribution in [0.15, 0.2) is 59.5 Å². The standard InChI is InChI=1S/C17H21N3O2S2/c1-3-18-24(21,22)16-11-9-15(10-12-16)20-17(23)19-13(2)14-7-5-4-6-8-14/h4-13,18H,3H2,1-2H3,(H2,19,20,23). The highest BCUT2D eigenvalue weighted by molar-refractivity contribution is 7.89. The van der Waals surface area contributed by atoms with E-state index < -0.39 is 10.0 Å². The molecule has 1 unspecified atom stereocenters. The molecule has 0 aliphatic heterocycles. The van der Waals surface area contributed by atoms with Gasteiger partial charge in [0.2, 0.25) is 10.0 Å². The van der Waals surface area contributed by atoms with Crippen molar-refractivity contribution in [2.45, 2.75) is 24.8 Å². The number of sulfonamides is 1. The van der Waals surface area contributed by atoms with E-state index in [9.17, 15) is 8.42 Å². The third-order valence-corrected chi connectivity index (χ3v) is 5.19. The van der Waals surface area contributed by atoms with Crippen LogP contribution in [0.4, 0.5) is 5.69 Å². The first-order valence-electron chi connectivity index (χ1n) is 7.64. The summed E-state index contributed by atoms with van der Waals surface area (Å²) in [6.45, 7) is 4.12. The zero-order chi connectivity index (χ0) is 17.6. The summed E-state index contributed by atoms with van der Waals surface area (Å²) < 4.78 is 26.3. The van der Waals surface area contributed by atoms with E-state index in [0.717, 1.165) is 11.3 Å². The normalized spacial score (nSPS) is 12.4. The van der Waals surface area contributed by atoms with E-state index in [1.807, 2.05) is 37.3 Å². The van der Waals surface area contributed by atoms with Crippen molar-refractivity contribution in [2.24, 2.45) is 0 Å². The van der Waals surface area contributed by atoms with Gasteiger partial charge in [-0.05, 0) is 49.0 Å². The second-order valence-corrected chi connectivity index (χ2v) is 7.43. The van der Waals surface area contributed by atoms with Crippen molar-refractivity contribution in [1.82, 2.24) is 10.0 Å². The number of thiocarbonyl (C=S) groups is 1. The topological polar surface area (TPSA) is 70.2 Å². The Morgan fingerprint density at radius 2 is 1.71 bits per heavy atom. The fraction of sp³-hybridized carbons (Fsp3) is 0.235.